The van der Waals surface area contributed by atoms with Gasteiger partial charge in [-0.3, -0.25) is 4.79 Å². The van der Waals surface area contributed by atoms with Crippen LogP contribution in [0.1, 0.15) is 58.3 Å². The summed E-state index contributed by atoms with van der Waals surface area (Å²) in [5.74, 6) is -0.488. The second kappa shape index (κ2) is 7.48. The van der Waals surface area contributed by atoms with Crippen LogP contribution in [0.5, 0.6) is 0 Å². The maximum atomic E-state index is 11.9. The minimum Gasteiger partial charge on any atom is -0.480 e. The second-order valence-corrected chi connectivity index (χ2v) is 5.72. The highest BCUT2D eigenvalue weighted by Crippen LogP contribution is 2.32. The SMILES string of the molecule is CC1CCC(NC(=O)CCCCCN)(C(=O)O)CC1. The van der Waals surface area contributed by atoms with Crippen LogP contribution in [0.3, 0.4) is 0 Å². The first-order valence-corrected chi connectivity index (χ1v) is 7.24. The Kier molecular flexibility index (Phi) is 6.28. The third-order valence-corrected chi connectivity index (χ3v) is 4.02. The number of hydrogen-bond acceptors (Lipinski definition) is 3. The molecule has 4 N–H and O–H groups in total. The molecular weight excluding hydrogens is 244 g/mol. The van der Waals surface area contributed by atoms with Gasteiger partial charge >= 0.3 is 5.97 Å². The first-order valence-electron chi connectivity index (χ1n) is 7.24. The van der Waals surface area contributed by atoms with E-state index in [1.54, 1.807) is 0 Å². The quantitative estimate of drug-likeness (QED) is 0.613. The van der Waals surface area contributed by atoms with Gasteiger partial charge in [-0.2, -0.15) is 0 Å². The topological polar surface area (TPSA) is 92.4 Å². The molecule has 1 rings (SSSR count). The second-order valence-electron chi connectivity index (χ2n) is 5.72. The molecule has 5 heteroatoms. The summed E-state index contributed by atoms with van der Waals surface area (Å²) in [7, 11) is 0. The van der Waals surface area contributed by atoms with Crippen molar-refractivity contribution in [2.24, 2.45) is 11.7 Å². The summed E-state index contributed by atoms with van der Waals surface area (Å²) >= 11 is 0. The Morgan fingerprint density at radius 2 is 1.89 bits per heavy atom. The third-order valence-electron chi connectivity index (χ3n) is 4.02. The number of carboxylic acid groups (broad SMARTS) is 1. The molecule has 19 heavy (non-hydrogen) atoms. The van der Waals surface area contributed by atoms with E-state index in [1.165, 1.54) is 0 Å². The molecule has 0 unspecified atom stereocenters. The molecule has 1 saturated carbocycles. The normalized spacial score (nSPS) is 26.9. The number of aliphatic carboxylic acids is 1. The van der Waals surface area contributed by atoms with Crippen LogP contribution < -0.4 is 11.1 Å². The fourth-order valence-electron chi connectivity index (χ4n) is 2.58. The summed E-state index contributed by atoms with van der Waals surface area (Å²) in [5.41, 5.74) is 4.36. The largest absolute Gasteiger partial charge is 0.480 e. The van der Waals surface area contributed by atoms with E-state index < -0.39 is 11.5 Å². The number of nitrogens with one attached hydrogen (secondary N) is 1. The van der Waals surface area contributed by atoms with Gasteiger partial charge in [0.15, 0.2) is 0 Å². The highest BCUT2D eigenvalue weighted by atomic mass is 16.4. The Morgan fingerprint density at radius 3 is 2.42 bits per heavy atom. The van der Waals surface area contributed by atoms with Gasteiger partial charge in [-0.1, -0.05) is 13.3 Å². The first kappa shape index (κ1) is 16.0. The van der Waals surface area contributed by atoms with Crippen LogP contribution in [-0.4, -0.2) is 29.1 Å². The molecule has 1 fully saturated rings. The number of unbranched alkanes of at least 4 members (excludes halogenated alkanes) is 2. The molecule has 0 atom stereocenters. The average molecular weight is 270 g/mol. The molecular formula is C14H26N2O3. The number of amides is 1. The molecule has 0 heterocycles. The lowest BCUT2D eigenvalue weighted by Gasteiger charge is -2.36. The Hall–Kier alpha value is -1.10. The molecule has 0 aromatic carbocycles. The number of rotatable bonds is 7. The lowest BCUT2D eigenvalue weighted by molar-refractivity contribution is -0.149. The van der Waals surface area contributed by atoms with Gasteiger partial charge in [0.2, 0.25) is 5.91 Å². The van der Waals surface area contributed by atoms with Crippen LogP contribution in [0.25, 0.3) is 0 Å². The van der Waals surface area contributed by atoms with Crippen molar-refractivity contribution in [3.63, 3.8) is 0 Å². The number of nitrogens with two attached hydrogens (primary N) is 1. The van der Waals surface area contributed by atoms with E-state index in [0.29, 0.717) is 31.7 Å². The monoisotopic (exact) mass is 270 g/mol. The standard InChI is InChI=1S/C14H26N2O3/c1-11-6-8-14(9-7-11,13(18)19)16-12(17)5-3-2-4-10-15/h11H,2-10,15H2,1H3,(H,16,17)(H,18,19). The van der Waals surface area contributed by atoms with Crippen LogP contribution in [0.2, 0.25) is 0 Å². The van der Waals surface area contributed by atoms with Gasteiger partial charge in [-0.05, 0) is 51.0 Å². The highest BCUT2D eigenvalue weighted by Gasteiger charge is 2.42. The zero-order valence-electron chi connectivity index (χ0n) is 11.8. The van der Waals surface area contributed by atoms with Gasteiger partial charge in [-0.25, -0.2) is 4.79 Å². The van der Waals surface area contributed by atoms with Gasteiger partial charge in [0.25, 0.3) is 0 Å². The number of hydrogen-bond donors (Lipinski definition) is 3. The van der Waals surface area contributed by atoms with Gasteiger partial charge in [0.1, 0.15) is 5.54 Å². The average Bonchev–Trinajstić information content (AvgIpc) is 2.37. The predicted molar refractivity (Wildman–Crippen MR) is 73.7 cm³/mol. The molecule has 0 saturated heterocycles. The van der Waals surface area contributed by atoms with E-state index in [4.69, 9.17) is 5.73 Å². The van der Waals surface area contributed by atoms with E-state index >= 15 is 0 Å². The molecule has 1 aliphatic rings. The van der Waals surface area contributed by atoms with Gasteiger partial charge < -0.3 is 16.2 Å². The molecule has 0 spiro atoms. The maximum absolute atomic E-state index is 11.9. The molecule has 5 nitrogen and oxygen atoms in total. The van der Waals surface area contributed by atoms with E-state index in [1.807, 2.05) is 0 Å². The van der Waals surface area contributed by atoms with Crippen LogP contribution >= 0.6 is 0 Å². The smallest absolute Gasteiger partial charge is 0.329 e. The van der Waals surface area contributed by atoms with E-state index in [0.717, 1.165) is 32.1 Å². The van der Waals surface area contributed by atoms with E-state index in [2.05, 4.69) is 12.2 Å². The first-order chi connectivity index (χ1) is 9.00. The Morgan fingerprint density at radius 1 is 1.26 bits per heavy atom. The van der Waals surface area contributed by atoms with Crippen molar-refractivity contribution in [3.05, 3.63) is 0 Å². The van der Waals surface area contributed by atoms with E-state index in [-0.39, 0.29) is 5.91 Å². The minimum atomic E-state index is -1.03. The molecule has 0 bridgehead atoms. The third kappa shape index (κ3) is 4.82. The molecule has 1 amide bonds. The van der Waals surface area contributed by atoms with Gasteiger partial charge in [0, 0.05) is 6.42 Å². The minimum absolute atomic E-state index is 0.144. The van der Waals surface area contributed by atoms with Crippen molar-refractivity contribution >= 4 is 11.9 Å². The number of carbonyl (C=O) groups excluding carboxylic acids is 1. The van der Waals surface area contributed by atoms with Crippen molar-refractivity contribution in [1.82, 2.24) is 5.32 Å². The lowest BCUT2D eigenvalue weighted by atomic mass is 9.77. The lowest BCUT2D eigenvalue weighted by Crippen LogP contribution is -2.56. The molecule has 1 aliphatic carbocycles. The van der Waals surface area contributed by atoms with Crippen LogP contribution in [-0.2, 0) is 9.59 Å². The zero-order chi connectivity index (χ0) is 14.3. The Labute approximate surface area is 114 Å². The van der Waals surface area contributed by atoms with Gasteiger partial charge in [-0.15, -0.1) is 0 Å². The van der Waals surface area contributed by atoms with Crippen molar-refractivity contribution in [2.45, 2.75) is 63.8 Å². The molecule has 0 radical (unpaired) electrons. The molecule has 110 valence electrons. The fourth-order valence-corrected chi connectivity index (χ4v) is 2.58. The van der Waals surface area contributed by atoms with Crippen molar-refractivity contribution in [1.29, 1.82) is 0 Å². The zero-order valence-corrected chi connectivity index (χ0v) is 11.8. The van der Waals surface area contributed by atoms with Crippen molar-refractivity contribution in [3.8, 4) is 0 Å². The summed E-state index contributed by atoms with van der Waals surface area (Å²) in [6.07, 6.45) is 5.80. The van der Waals surface area contributed by atoms with E-state index in [9.17, 15) is 14.7 Å². The van der Waals surface area contributed by atoms with Crippen LogP contribution in [0.4, 0.5) is 0 Å². The van der Waals surface area contributed by atoms with Gasteiger partial charge in [0.05, 0.1) is 0 Å². The maximum Gasteiger partial charge on any atom is 0.329 e. The summed E-state index contributed by atoms with van der Waals surface area (Å²) in [4.78, 5) is 23.3. The molecule has 0 aromatic heterocycles. The van der Waals surface area contributed by atoms with Crippen molar-refractivity contribution in [2.75, 3.05) is 6.54 Å². The Balaban J connectivity index is 2.45. The summed E-state index contributed by atoms with van der Waals surface area (Å²) in [6.45, 7) is 2.76. The fraction of sp³-hybridized carbons (Fsp3) is 0.857. The molecule has 0 aromatic rings. The number of carboxylic acids is 1. The predicted octanol–water partition coefficient (Wildman–Crippen LogP) is 1.66. The summed E-state index contributed by atoms with van der Waals surface area (Å²) in [5, 5.41) is 12.2. The summed E-state index contributed by atoms with van der Waals surface area (Å²) in [6, 6.07) is 0. The van der Waals surface area contributed by atoms with Crippen LogP contribution in [0.15, 0.2) is 0 Å². The Bertz CT molecular complexity index is 310. The van der Waals surface area contributed by atoms with Crippen LogP contribution in [0, 0.1) is 5.92 Å². The highest BCUT2D eigenvalue weighted by molar-refractivity contribution is 5.87. The number of carbonyl (C=O) groups is 2. The van der Waals surface area contributed by atoms with Crippen molar-refractivity contribution < 1.29 is 14.7 Å². The summed E-state index contributed by atoms with van der Waals surface area (Å²) < 4.78 is 0. The molecule has 0 aliphatic heterocycles.